The molecule has 0 amide bonds. The van der Waals surface area contributed by atoms with Gasteiger partial charge in [0.05, 0.1) is 23.1 Å². The smallest absolute Gasteiger partial charge is 0.208 e. The molecule has 0 radical (unpaired) electrons. The van der Waals surface area contributed by atoms with Crippen LogP contribution in [0.2, 0.25) is 0 Å². The predicted octanol–water partition coefficient (Wildman–Crippen LogP) is 12.1. The predicted molar refractivity (Wildman–Crippen MR) is 226 cm³/mol. The van der Waals surface area contributed by atoms with E-state index < -0.39 is 28.7 Å². The van der Waals surface area contributed by atoms with Crippen molar-refractivity contribution in [2.24, 2.45) is 0 Å². The van der Waals surface area contributed by atoms with Crippen LogP contribution in [0.4, 0.5) is 17.1 Å². The first kappa shape index (κ1) is 35.8. The summed E-state index contributed by atoms with van der Waals surface area (Å²) in [7, 11) is 0. The van der Waals surface area contributed by atoms with Crippen molar-refractivity contribution >= 4 is 28.8 Å². The molecule has 5 N–H and O–H groups in total. The lowest BCUT2D eigenvalue weighted by atomic mass is 9.97. The molecule has 7 aromatic carbocycles. The second-order valence-corrected chi connectivity index (χ2v) is 14.0. The van der Waals surface area contributed by atoms with Gasteiger partial charge in [-0.25, -0.2) is 0 Å². The molecule has 7 nitrogen and oxygen atoms in total. The lowest BCUT2D eigenvalue weighted by Gasteiger charge is -2.26. The molecular weight excluding hydrogens is 717 g/mol. The van der Waals surface area contributed by atoms with Crippen LogP contribution in [0.3, 0.4) is 0 Å². The van der Waals surface area contributed by atoms with Gasteiger partial charge in [-0.2, -0.15) is 0 Å². The van der Waals surface area contributed by atoms with Gasteiger partial charge in [-0.05, 0) is 81.6 Å². The molecule has 8 rings (SSSR count). The Morgan fingerprint density at radius 3 is 1.39 bits per heavy atom. The number of thioether (sulfide) groups is 1. The lowest BCUT2D eigenvalue weighted by Crippen LogP contribution is -2.10. The van der Waals surface area contributed by atoms with Crippen LogP contribution in [-0.4, -0.2) is 36.8 Å². The highest BCUT2D eigenvalue weighted by molar-refractivity contribution is 7.98. The molecular formula is C48H36N2O5S. The summed E-state index contributed by atoms with van der Waals surface area (Å²) in [5.74, 6) is -4.28. The summed E-state index contributed by atoms with van der Waals surface area (Å²) in [6, 6.07) is 55.0. The van der Waals surface area contributed by atoms with Gasteiger partial charge >= 0.3 is 0 Å². The first-order valence-electron chi connectivity index (χ1n) is 17.9. The molecule has 0 fully saturated rings. The van der Waals surface area contributed by atoms with Gasteiger partial charge < -0.3 is 30.4 Å². The molecule has 0 saturated carbocycles. The zero-order valence-corrected chi connectivity index (χ0v) is 31.0. The topological polar surface area (TPSA) is 117 Å². The number of rotatable bonds is 9. The van der Waals surface area contributed by atoms with Crippen molar-refractivity contribution in [3.63, 3.8) is 0 Å². The van der Waals surface area contributed by atoms with Crippen molar-refractivity contribution in [2.75, 3.05) is 11.2 Å². The van der Waals surface area contributed by atoms with Crippen molar-refractivity contribution in [2.45, 2.75) is 4.90 Å². The molecule has 8 aromatic rings. The molecule has 0 unspecified atom stereocenters. The monoisotopic (exact) mass is 752 g/mol. The molecule has 0 bridgehead atoms. The Morgan fingerprint density at radius 1 is 0.411 bits per heavy atom. The quantitative estimate of drug-likeness (QED) is 0.0562. The largest absolute Gasteiger partial charge is 0.504 e. The summed E-state index contributed by atoms with van der Waals surface area (Å²) < 4.78 is 0. The van der Waals surface area contributed by atoms with Crippen molar-refractivity contribution in [3.8, 4) is 84.5 Å². The highest BCUT2D eigenvalue weighted by atomic mass is 32.2. The first-order chi connectivity index (χ1) is 27.3. The van der Waals surface area contributed by atoms with Gasteiger partial charge in [0.2, 0.25) is 17.2 Å². The Bertz CT molecular complexity index is 2610. The summed E-state index contributed by atoms with van der Waals surface area (Å²) in [4.78, 5) is 8.33. The minimum Gasteiger partial charge on any atom is -0.504 e. The highest BCUT2D eigenvalue weighted by Crippen LogP contribution is 2.54. The zero-order chi connectivity index (χ0) is 38.8. The number of aromatic nitrogens is 1. The number of hydrogen-bond acceptors (Lipinski definition) is 8. The second-order valence-electron chi connectivity index (χ2n) is 13.2. The van der Waals surface area contributed by atoms with E-state index in [-0.39, 0.29) is 5.56 Å². The number of pyridine rings is 1. The van der Waals surface area contributed by atoms with Gasteiger partial charge in [-0.15, -0.1) is 11.8 Å². The van der Waals surface area contributed by atoms with E-state index in [2.05, 4.69) is 96.1 Å². The van der Waals surface area contributed by atoms with Crippen LogP contribution in [0.15, 0.2) is 175 Å². The fourth-order valence-electron chi connectivity index (χ4n) is 6.87. The minimum atomic E-state index is -0.991. The van der Waals surface area contributed by atoms with Crippen LogP contribution in [0.25, 0.3) is 55.8 Å². The molecule has 0 aliphatic heterocycles. The van der Waals surface area contributed by atoms with Gasteiger partial charge in [0, 0.05) is 21.8 Å². The maximum Gasteiger partial charge on any atom is 0.208 e. The van der Waals surface area contributed by atoms with E-state index in [0.29, 0.717) is 5.56 Å². The number of hydrogen-bond donors (Lipinski definition) is 5. The number of anilines is 3. The van der Waals surface area contributed by atoms with Gasteiger partial charge in [0.15, 0.2) is 11.5 Å². The van der Waals surface area contributed by atoms with Gasteiger partial charge in [-0.1, -0.05) is 127 Å². The van der Waals surface area contributed by atoms with Crippen LogP contribution in [0.1, 0.15) is 0 Å². The number of phenolic OH excluding ortho intramolecular Hbond substituents is 5. The standard InChI is InChI=1S/C48H36N2O5S/c1-56-42-28-38(24-26-40(42)34-10-6-3-7-11-34)50(37-22-20-33(21-23-37)30-8-4-2-5-9-30)39-25-27-41(49-29-39)35-16-12-31(13-17-35)32-14-18-36(19-15-32)43-44(51)46(53)48(55)47(54)45(43)52/h2-29,51-55H,1H3. The van der Waals surface area contributed by atoms with E-state index >= 15 is 0 Å². The molecule has 1 heterocycles. The normalized spacial score (nSPS) is 11.0. The number of benzene rings is 7. The number of aromatic hydroxyl groups is 5. The Hall–Kier alpha value is -7.16. The average molecular weight is 753 g/mol. The molecule has 0 aliphatic rings. The maximum atomic E-state index is 10.4. The van der Waals surface area contributed by atoms with Crippen molar-refractivity contribution in [1.82, 2.24) is 4.98 Å². The van der Waals surface area contributed by atoms with Crippen LogP contribution in [-0.2, 0) is 0 Å². The SMILES string of the molecule is CSc1cc(N(c2ccc(-c3ccccc3)cc2)c2ccc(-c3ccc(-c4ccc(-c5c(O)c(O)c(O)c(O)c5O)cc4)cc3)nc2)ccc1-c1ccccc1. The minimum absolute atomic E-state index is 0.189. The Balaban J connectivity index is 1.09. The molecule has 8 heteroatoms. The third kappa shape index (κ3) is 6.85. The van der Waals surface area contributed by atoms with Crippen LogP contribution in [0.5, 0.6) is 28.7 Å². The highest BCUT2D eigenvalue weighted by Gasteiger charge is 2.24. The molecule has 0 spiro atoms. The Labute approximate surface area is 328 Å². The van der Waals surface area contributed by atoms with Gasteiger partial charge in [0.1, 0.15) is 0 Å². The van der Waals surface area contributed by atoms with Crippen LogP contribution < -0.4 is 4.90 Å². The summed E-state index contributed by atoms with van der Waals surface area (Å²) >= 11 is 1.72. The second kappa shape index (κ2) is 15.3. The van der Waals surface area contributed by atoms with Crippen molar-refractivity contribution < 1.29 is 25.5 Å². The number of nitrogens with zero attached hydrogens (tertiary/aromatic N) is 2. The fraction of sp³-hybridized carbons (Fsp3) is 0.0208. The summed E-state index contributed by atoms with van der Waals surface area (Å²) in [6.07, 6.45) is 4.01. The Kier molecular flexibility index (Phi) is 9.79. The zero-order valence-electron chi connectivity index (χ0n) is 30.2. The first-order valence-corrected chi connectivity index (χ1v) is 19.1. The third-order valence-corrected chi connectivity index (χ3v) is 10.6. The van der Waals surface area contributed by atoms with Crippen LogP contribution >= 0.6 is 11.8 Å². The van der Waals surface area contributed by atoms with E-state index in [4.69, 9.17) is 4.98 Å². The van der Waals surface area contributed by atoms with Crippen molar-refractivity contribution in [1.29, 1.82) is 0 Å². The van der Waals surface area contributed by atoms with Crippen molar-refractivity contribution in [3.05, 3.63) is 170 Å². The van der Waals surface area contributed by atoms with E-state index in [1.165, 1.54) is 16.0 Å². The summed E-state index contributed by atoms with van der Waals surface area (Å²) in [5.41, 5.74) is 11.3. The molecule has 274 valence electrons. The average Bonchev–Trinajstić information content (AvgIpc) is 3.26. The lowest BCUT2D eigenvalue weighted by molar-refractivity contribution is 0.330. The fourth-order valence-corrected chi connectivity index (χ4v) is 7.51. The third-order valence-electron chi connectivity index (χ3n) is 9.83. The van der Waals surface area contributed by atoms with E-state index in [1.54, 1.807) is 36.0 Å². The molecule has 1 aromatic heterocycles. The van der Waals surface area contributed by atoms with E-state index in [0.717, 1.165) is 50.6 Å². The van der Waals surface area contributed by atoms with Gasteiger partial charge in [0.25, 0.3) is 0 Å². The maximum absolute atomic E-state index is 10.4. The molecule has 0 atom stereocenters. The summed E-state index contributed by atoms with van der Waals surface area (Å²) in [5, 5.41) is 50.4. The van der Waals surface area contributed by atoms with E-state index in [9.17, 15) is 25.5 Å². The van der Waals surface area contributed by atoms with Crippen LogP contribution in [0, 0.1) is 0 Å². The van der Waals surface area contributed by atoms with Gasteiger partial charge in [-0.3, -0.25) is 4.98 Å². The molecule has 0 aliphatic carbocycles. The number of phenols is 5. The molecule has 0 saturated heterocycles. The summed E-state index contributed by atoms with van der Waals surface area (Å²) in [6.45, 7) is 0. The Morgan fingerprint density at radius 2 is 0.857 bits per heavy atom. The van der Waals surface area contributed by atoms with E-state index in [1.807, 2.05) is 60.8 Å². The molecule has 56 heavy (non-hydrogen) atoms.